The number of nitriles is 1. The molecule has 0 aliphatic carbocycles. The predicted molar refractivity (Wildman–Crippen MR) is 112 cm³/mol. The number of carbonyl (C=O) groups is 1. The first-order valence-electron chi connectivity index (χ1n) is 8.94. The largest absolute Gasteiger partial charge is 0.378 e. The standard InChI is InChI=1S/C21H21ClN4O2/c1-15-6-7-17(12-18(15)22)25-21(27)16(13-23)14-24-19-4-2-3-5-20(19)26-8-10-28-11-9-26/h2-7,12,14,24H,8-11H2,1H3,(H,25,27)/b16-14-. The van der Waals surface area contributed by atoms with Crippen LogP contribution in [0.1, 0.15) is 5.56 Å². The molecular formula is C21H21ClN4O2. The second-order valence-electron chi connectivity index (χ2n) is 6.35. The SMILES string of the molecule is Cc1ccc(NC(=O)/C(C#N)=C\Nc2ccccc2N2CCOCC2)cc1Cl. The Morgan fingerprint density at radius 1 is 1.25 bits per heavy atom. The van der Waals surface area contributed by atoms with E-state index in [0.29, 0.717) is 23.9 Å². The summed E-state index contributed by atoms with van der Waals surface area (Å²) in [6.45, 7) is 4.82. The Morgan fingerprint density at radius 3 is 2.71 bits per heavy atom. The number of morpholine rings is 1. The lowest BCUT2D eigenvalue weighted by atomic mass is 10.2. The van der Waals surface area contributed by atoms with E-state index in [1.807, 2.05) is 43.3 Å². The van der Waals surface area contributed by atoms with Crippen LogP contribution in [0, 0.1) is 18.3 Å². The van der Waals surface area contributed by atoms with Crippen LogP contribution in [-0.2, 0) is 9.53 Å². The van der Waals surface area contributed by atoms with Crippen LogP contribution in [-0.4, -0.2) is 32.2 Å². The van der Waals surface area contributed by atoms with E-state index in [4.69, 9.17) is 16.3 Å². The second kappa shape index (κ2) is 9.27. The minimum Gasteiger partial charge on any atom is -0.378 e. The van der Waals surface area contributed by atoms with E-state index in [1.54, 1.807) is 12.1 Å². The molecular weight excluding hydrogens is 376 g/mol. The average Bonchev–Trinajstić information content (AvgIpc) is 2.72. The normalized spacial score (nSPS) is 14.3. The Kier molecular flexibility index (Phi) is 6.53. The zero-order valence-electron chi connectivity index (χ0n) is 15.5. The summed E-state index contributed by atoms with van der Waals surface area (Å²) in [7, 11) is 0. The third-order valence-electron chi connectivity index (χ3n) is 4.42. The number of benzene rings is 2. The Balaban J connectivity index is 1.73. The molecule has 2 N–H and O–H groups in total. The fourth-order valence-electron chi connectivity index (χ4n) is 2.84. The monoisotopic (exact) mass is 396 g/mol. The maximum atomic E-state index is 12.4. The van der Waals surface area contributed by atoms with Gasteiger partial charge in [0, 0.05) is 30.0 Å². The van der Waals surface area contributed by atoms with Crippen molar-refractivity contribution in [2.45, 2.75) is 6.92 Å². The molecule has 2 aromatic rings. The molecule has 1 aliphatic heterocycles. The van der Waals surface area contributed by atoms with Gasteiger partial charge in [-0.15, -0.1) is 0 Å². The smallest absolute Gasteiger partial charge is 0.267 e. The Labute approximate surface area is 169 Å². The van der Waals surface area contributed by atoms with E-state index in [9.17, 15) is 10.1 Å². The lowest BCUT2D eigenvalue weighted by Gasteiger charge is -2.30. The number of hydrogen-bond donors (Lipinski definition) is 2. The van der Waals surface area contributed by atoms with Crippen molar-refractivity contribution < 1.29 is 9.53 Å². The summed E-state index contributed by atoms with van der Waals surface area (Å²) >= 11 is 6.09. The van der Waals surface area contributed by atoms with Gasteiger partial charge in [0.05, 0.1) is 24.6 Å². The molecule has 1 heterocycles. The van der Waals surface area contributed by atoms with Crippen LogP contribution in [0.25, 0.3) is 0 Å². The van der Waals surface area contributed by atoms with Crippen LogP contribution in [0.3, 0.4) is 0 Å². The maximum absolute atomic E-state index is 12.4. The quantitative estimate of drug-likeness (QED) is 0.591. The maximum Gasteiger partial charge on any atom is 0.267 e. The van der Waals surface area contributed by atoms with Gasteiger partial charge in [0.1, 0.15) is 11.6 Å². The van der Waals surface area contributed by atoms with Gasteiger partial charge in [-0.25, -0.2) is 0 Å². The van der Waals surface area contributed by atoms with Gasteiger partial charge in [0.15, 0.2) is 0 Å². The summed E-state index contributed by atoms with van der Waals surface area (Å²) in [5.74, 6) is -0.501. The first kappa shape index (κ1) is 19.7. The zero-order chi connectivity index (χ0) is 19.9. The molecule has 0 aromatic heterocycles. The highest BCUT2D eigenvalue weighted by atomic mass is 35.5. The lowest BCUT2D eigenvalue weighted by Crippen LogP contribution is -2.36. The Morgan fingerprint density at radius 2 is 2.00 bits per heavy atom. The molecule has 28 heavy (non-hydrogen) atoms. The molecule has 144 valence electrons. The van der Waals surface area contributed by atoms with Gasteiger partial charge in [0.2, 0.25) is 0 Å². The summed E-state index contributed by atoms with van der Waals surface area (Å²) in [5, 5.41) is 15.7. The van der Waals surface area contributed by atoms with Crippen LogP contribution < -0.4 is 15.5 Å². The molecule has 3 rings (SSSR count). The van der Waals surface area contributed by atoms with E-state index in [-0.39, 0.29) is 5.57 Å². The lowest BCUT2D eigenvalue weighted by molar-refractivity contribution is -0.112. The molecule has 0 spiro atoms. The third-order valence-corrected chi connectivity index (χ3v) is 4.83. The van der Waals surface area contributed by atoms with Gasteiger partial charge in [-0.3, -0.25) is 4.79 Å². The third kappa shape index (κ3) is 4.83. The van der Waals surface area contributed by atoms with Crippen LogP contribution in [0.15, 0.2) is 54.2 Å². The number of nitrogens with one attached hydrogen (secondary N) is 2. The first-order chi connectivity index (χ1) is 13.6. The molecule has 0 unspecified atom stereocenters. The summed E-state index contributed by atoms with van der Waals surface area (Å²) in [5.41, 5.74) is 3.24. The number of nitrogens with zero attached hydrogens (tertiary/aromatic N) is 2. The Bertz CT molecular complexity index is 930. The summed E-state index contributed by atoms with van der Waals surface area (Å²) < 4.78 is 5.40. The first-order valence-corrected chi connectivity index (χ1v) is 9.32. The molecule has 1 amide bonds. The number of anilines is 3. The predicted octanol–water partition coefficient (Wildman–Crippen LogP) is 3.94. The molecule has 7 heteroatoms. The summed E-state index contributed by atoms with van der Waals surface area (Å²) in [6, 6.07) is 14.9. The number of para-hydroxylation sites is 2. The fourth-order valence-corrected chi connectivity index (χ4v) is 3.02. The number of hydrogen-bond acceptors (Lipinski definition) is 5. The van der Waals surface area contributed by atoms with Gasteiger partial charge in [-0.2, -0.15) is 5.26 Å². The number of amides is 1. The molecule has 0 radical (unpaired) electrons. The molecule has 6 nitrogen and oxygen atoms in total. The van der Waals surface area contributed by atoms with E-state index in [1.165, 1.54) is 6.20 Å². The Hall–Kier alpha value is -3.01. The highest BCUT2D eigenvalue weighted by molar-refractivity contribution is 6.31. The summed E-state index contributed by atoms with van der Waals surface area (Å²) in [6.07, 6.45) is 1.42. The fraction of sp³-hybridized carbons (Fsp3) is 0.238. The van der Waals surface area contributed by atoms with E-state index in [0.717, 1.165) is 30.0 Å². The molecule has 0 saturated carbocycles. The molecule has 1 aliphatic rings. The van der Waals surface area contributed by atoms with Crippen molar-refractivity contribution in [1.82, 2.24) is 0 Å². The van der Waals surface area contributed by atoms with Crippen LogP contribution in [0.2, 0.25) is 5.02 Å². The summed E-state index contributed by atoms with van der Waals surface area (Å²) in [4.78, 5) is 14.6. The van der Waals surface area contributed by atoms with E-state index in [2.05, 4.69) is 15.5 Å². The minimum atomic E-state index is -0.501. The van der Waals surface area contributed by atoms with Gasteiger partial charge < -0.3 is 20.3 Å². The average molecular weight is 397 g/mol. The molecule has 0 bridgehead atoms. The number of ether oxygens (including phenoxy) is 1. The number of aryl methyl sites for hydroxylation is 1. The zero-order valence-corrected chi connectivity index (χ0v) is 16.3. The van der Waals surface area contributed by atoms with E-state index < -0.39 is 5.91 Å². The van der Waals surface area contributed by atoms with Gasteiger partial charge >= 0.3 is 0 Å². The molecule has 1 saturated heterocycles. The van der Waals surface area contributed by atoms with Gasteiger partial charge in [0.25, 0.3) is 5.91 Å². The van der Waals surface area contributed by atoms with Crippen molar-refractivity contribution in [3.8, 4) is 6.07 Å². The van der Waals surface area contributed by atoms with Crippen molar-refractivity contribution in [2.75, 3.05) is 41.8 Å². The van der Waals surface area contributed by atoms with Gasteiger partial charge in [-0.05, 0) is 36.8 Å². The van der Waals surface area contributed by atoms with Crippen molar-refractivity contribution in [3.05, 3.63) is 64.8 Å². The number of halogens is 1. The number of rotatable bonds is 5. The minimum absolute atomic E-state index is 0.0338. The topological polar surface area (TPSA) is 77.4 Å². The molecule has 0 atom stereocenters. The van der Waals surface area contributed by atoms with Crippen LogP contribution in [0.4, 0.5) is 17.1 Å². The highest BCUT2D eigenvalue weighted by Crippen LogP contribution is 2.26. The van der Waals surface area contributed by atoms with Gasteiger partial charge in [-0.1, -0.05) is 29.8 Å². The van der Waals surface area contributed by atoms with Crippen molar-refractivity contribution >= 4 is 34.6 Å². The van der Waals surface area contributed by atoms with E-state index >= 15 is 0 Å². The van der Waals surface area contributed by atoms with Crippen molar-refractivity contribution in [3.63, 3.8) is 0 Å². The highest BCUT2D eigenvalue weighted by Gasteiger charge is 2.15. The van der Waals surface area contributed by atoms with Crippen LogP contribution in [0.5, 0.6) is 0 Å². The van der Waals surface area contributed by atoms with Crippen LogP contribution >= 0.6 is 11.6 Å². The van der Waals surface area contributed by atoms with Crippen molar-refractivity contribution in [1.29, 1.82) is 5.26 Å². The molecule has 1 fully saturated rings. The molecule has 2 aromatic carbocycles. The van der Waals surface area contributed by atoms with Crippen molar-refractivity contribution in [2.24, 2.45) is 0 Å². The number of carbonyl (C=O) groups excluding carboxylic acids is 1. The second-order valence-corrected chi connectivity index (χ2v) is 6.76.